The minimum atomic E-state index is -1.64. The summed E-state index contributed by atoms with van der Waals surface area (Å²) >= 11 is 0. The second kappa shape index (κ2) is 9.77. The lowest BCUT2D eigenvalue weighted by Crippen LogP contribution is -2.40. The average molecular weight is 394 g/mol. The Bertz CT molecular complexity index is 911. The summed E-state index contributed by atoms with van der Waals surface area (Å²) in [7, 11) is 0. The van der Waals surface area contributed by atoms with Gasteiger partial charge in [0.2, 0.25) is 11.6 Å². The topological polar surface area (TPSA) is 203 Å². The molecule has 3 rings (SSSR count). The van der Waals surface area contributed by atoms with Gasteiger partial charge < -0.3 is 39.7 Å². The number of rotatable bonds is 7. The molecule has 0 bridgehead atoms. The predicted octanol–water partition coefficient (Wildman–Crippen LogP) is -1.95. The number of aldehydes is 1. The van der Waals surface area contributed by atoms with E-state index >= 15 is 0 Å². The van der Waals surface area contributed by atoms with Gasteiger partial charge in [-0.15, -0.1) is 0 Å². The number of H-pyrrole nitrogens is 1. The number of aliphatic hydroxyl groups excluding tert-OH is 5. The molecule has 150 valence electrons. The molecule has 0 fully saturated rings. The summed E-state index contributed by atoms with van der Waals surface area (Å²) in [6, 6.07) is 3.50. The molecule has 0 spiro atoms. The molecule has 3 aromatic heterocycles. The number of furan rings is 1. The number of aliphatic hydroxyl groups is 5. The standard InChI is InChI=1S/C11H8N4O3.C5H10O5/c16-5-7(17)10-12-4-6-9(14-10)15-11(13-6)8-2-1-3-18-8;6-1-3(8)5(10)4(9)2-7/h1-4,16H,5H2,(H,12,13,14,15);1,3-5,7-10H,2H2. The van der Waals surface area contributed by atoms with Crippen molar-refractivity contribution in [3.05, 3.63) is 30.4 Å². The molecule has 0 saturated carbocycles. The third-order valence-electron chi connectivity index (χ3n) is 3.46. The van der Waals surface area contributed by atoms with Gasteiger partial charge in [0.05, 0.1) is 19.1 Å². The number of hydrogen-bond acceptors (Lipinski definition) is 11. The van der Waals surface area contributed by atoms with Crippen LogP contribution in [0, 0.1) is 0 Å². The van der Waals surface area contributed by atoms with Gasteiger partial charge in [-0.25, -0.2) is 15.0 Å². The van der Waals surface area contributed by atoms with Crippen LogP contribution >= 0.6 is 0 Å². The Hall–Kier alpha value is -3.03. The van der Waals surface area contributed by atoms with Crippen LogP contribution in [0.1, 0.15) is 10.6 Å². The molecular weight excluding hydrogens is 376 g/mol. The van der Waals surface area contributed by atoms with Crippen LogP contribution in [0.25, 0.3) is 22.7 Å². The molecule has 0 saturated heterocycles. The first-order valence-electron chi connectivity index (χ1n) is 7.92. The molecule has 3 atom stereocenters. The summed E-state index contributed by atoms with van der Waals surface area (Å²) in [6.45, 7) is -1.31. The first-order valence-corrected chi connectivity index (χ1v) is 7.92. The van der Waals surface area contributed by atoms with Crippen LogP contribution in [0.2, 0.25) is 0 Å². The number of Topliss-reactive ketones (excluding diaryl/α,β-unsaturated/α-hetero) is 1. The van der Waals surface area contributed by atoms with Gasteiger partial charge in [0.25, 0.3) is 0 Å². The van der Waals surface area contributed by atoms with Crippen molar-refractivity contribution >= 4 is 23.2 Å². The van der Waals surface area contributed by atoms with E-state index in [0.29, 0.717) is 22.7 Å². The fourth-order valence-corrected chi connectivity index (χ4v) is 1.96. The molecule has 12 heteroatoms. The van der Waals surface area contributed by atoms with Gasteiger partial charge in [-0.05, 0) is 12.1 Å². The van der Waals surface area contributed by atoms with E-state index in [2.05, 4.69) is 19.9 Å². The third kappa shape index (κ3) is 5.03. The zero-order valence-corrected chi connectivity index (χ0v) is 14.3. The summed E-state index contributed by atoms with van der Waals surface area (Å²) in [6.07, 6.45) is -1.65. The number of nitrogens with zero attached hydrogens (tertiary/aromatic N) is 3. The van der Waals surface area contributed by atoms with Crippen molar-refractivity contribution in [2.45, 2.75) is 18.3 Å². The van der Waals surface area contributed by atoms with Crippen LogP contribution in [0.5, 0.6) is 0 Å². The van der Waals surface area contributed by atoms with E-state index in [0.717, 1.165) is 0 Å². The lowest BCUT2D eigenvalue weighted by atomic mass is 10.1. The number of ketones is 1. The molecule has 3 heterocycles. The van der Waals surface area contributed by atoms with E-state index in [1.807, 2.05) is 0 Å². The highest BCUT2D eigenvalue weighted by Crippen LogP contribution is 2.19. The number of imidazole rings is 1. The van der Waals surface area contributed by atoms with Crippen molar-refractivity contribution in [2.24, 2.45) is 0 Å². The molecular formula is C16H18N4O8. The number of aromatic nitrogens is 4. The zero-order chi connectivity index (χ0) is 20.7. The highest BCUT2D eigenvalue weighted by atomic mass is 16.4. The number of fused-ring (bicyclic) bond motifs is 1. The molecule has 0 amide bonds. The van der Waals surface area contributed by atoms with Crippen LogP contribution in [-0.4, -0.2) is 89.1 Å². The quantitative estimate of drug-likeness (QED) is 0.192. The van der Waals surface area contributed by atoms with Gasteiger partial charge in [-0.1, -0.05) is 0 Å². The average Bonchev–Trinajstić information content (AvgIpc) is 3.40. The Balaban J connectivity index is 0.000000242. The molecule has 28 heavy (non-hydrogen) atoms. The molecule has 6 N–H and O–H groups in total. The normalized spacial score (nSPS) is 14.0. The Kier molecular flexibility index (Phi) is 7.43. The summed E-state index contributed by atoms with van der Waals surface area (Å²) in [5, 5.41) is 42.8. The Morgan fingerprint density at radius 2 is 2.00 bits per heavy atom. The van der Waals surface area contributed by atoms with Crippen LogP contribution in [0.4, 0.5) is 0 Å². The smallest absolute Gasteiger partial charge is 0.225 e. The minimum absolute atomic E-state index is 0.0532. The van der Waals surface area contributed by atoms with Crippen molar-refractivity contribution in [1.29, 1.82) is 0 Å². The third-order valence-corrected chi connectivity index (χ3v) is 3.46. The van der Waals surface area contributed by atoms with Crippen molar-refractivity contribution < 1.29 is 39.5 Å². The van der Waals surface area contributed by atoms with Crippen LogP contribution < -0.4 is 0 Å². The van der Waals surface area contributed by atoms with E-state index in [1.54, 1.807) is 12.1 Å². The SMILES string of the molecule is O=C(CO)c1ncc2[nH]c(-c3ccco3)nc2n1.O=CC(O)C(O)C(O)CO. The van der Waals surface area contributed by atoms with Gasteiger partial charge in [0.1, 0.15) is 30.4 Å². The zero-order valence-electron chi connectivity index (χ0n) is 14.3. The lowest BCUT2D eigenvalue weighted by Gasteiger charge is -2.16. The van der Waals surface area contributed by atoms with Gasteiger partial charge in [-0.2, -0.15) is 0 Å². The summed E-state index contributed by atoms with van der Waals surface area (Å²) in [4.78, 5) is 36.0. The maximum absolute atomic E-state index is 11.3. The highest BCUT2D eigenvalue weighted by Gasteiger charge is 2.22. The molecule has 0 aliphatic heterocycles. The summed E-state index contributed by atoms with van der Waals surface area (Å²) in [5.41, 5.74) is 0.948. The molecule has 0 radical (unpaired) electrons. The molecule has 12 nitrogen and oxygen atoms in total. The molecule has 3 aromatic rings. The van der Waals surface area contributed by atoms with Crippen molar-refractivity contribution in [2.75, 3.05) is 13.2 Å². The van der Waals surface area contributed by atoms with Gasteiger partial charge in [0, 0.05) is 0 Å². The monoisotopic (exact) mass is 394 g/mol. The number of carbonyl (C=O) groups is 2. The first-order chi connectivity index (χ1) is 13.4. The molecule has 3 unspecified atom stereocenters. The summed E-state index contributed by atoms with van der Waals surface area (Å²) in [5.74, 6) is 0.489. The Labute approximate surface area is 157 Å². The lowest BCUT2D eigenvalue weighted by molar-refractivity contribution is -0.127. The number of aromatic amines is 1. The minimum Gasteiger partial charge on any atom is -0.461 e. The second-order valence-corrected chi connectivity index (χ2v) is 5.44. The van der Waals surface area contributed by atoms with Crippen LogP contribution in [0.3, 0.4) is 0 Å². The van der Waals surface area contributed by atoms with Gasteiger partial charge in [-0.3, -0.25) is 4.79 Å². The van der Waals surface area contributed by atoms with Crippen molar-refractivity contribution in [3.8, 4) is 11.6 Å². The molecule has 0 aliphatic rings. The van der Waals surface area contributed by atoms with Crippen LogP contribution in [-0.2, 0) is 4.79 Å². The number of hydrogen-bond donors (Lipinski definition) is 6. The van der Waals surface area contributed by atoms with Gasteiger partial charge >= 0.3 is 0 Å². The van der Waals surface area contributed by atoms with Gasteiger partial charge in [0.15, 0.2) is 23.5 Å². The maximum Gasteiger partial charge on any atom is 0.225 e. The fraction of sp³-hybridized carbons (Fsp3) is 0.312. The van der Waals surface area contributed by atoms with E-state index in [1.165, 1.54) is 12.5 Å². The highest BCUT2D eigenvalue weighted by molar-refractivity contribution is 5.94. The largest absolute Gasteiger partial charge is 0.461 e. The van der Waals surface area contributed by atoms with E-state index < -0.39 is 37.3 Å². The van der Waals surface area contributed by atoms with Crippen molar-refractivity contribution in [3.63, 3.8) is 0 Å². The van der Waals surface area contributed by atoms with E-state index in [-0.39, 0.29) is 12.1 Å². The second-order valence-electron chi connectivity index (χ2n) is 5.44. The van der Waals surface area contributed by atoms with Crippen LogP contribution in [0.15, 0.2) is 29.0 Å². The predicted molar refractivity (Wildman–Crippen MR) is 92.0 cm³/mol. The first kappa shape index (κ1) is 21.3. The molecule has 0 aliphatic carbocycles. The van der Waals surface area contributed by atoms with E-state index in [4.69, 9.17) is 29.9 Å². The maximum atomic E-state index is 11.3. The van der Waals surface area contributed by atoms with Crippen molar-refractivity contribution in [1.82, 2.24) is 19.9 Å². The number of carbonyl (C=O) groups excluding carboxylic acids is 2. The summed E-state index contributed by atoms with van der Waals surface area (Å²) < 4.78 is 5.20. The van der Waals surface area contributed by atoms with E-state index in [9.17, 15) is 9.59 Å². The Morgan fingerprint density at radius 1 is 1.25 bits per heavy atom. The Morgan fingerprint density at radius 3 is 2.57 bits per heavy atom. The number of nitrogens with one attached hydrogen (secondary N) is 1. The fourth-order valence-electron chi connectivity index (χ4n) is 1.96. The molecule has 0 aromatic carbocycles.